The van der Waals surface area contributed by atoms with Gasteiger partial charge in [0.1, 0.15) is 0 Å². The SMILES string of the molecule is Cl.OC(COCCC12CC3CC(CC(C3)C1)C2)CN1CCc2ccccc2C1. The number of hydrogen-bond donors (Lipinski definition) is 1. The first-order valence-corrected chi connectivity index (χ1v) is 11.2. The van der Waals surface area contributed by atoms with Crippen molar-refractivity contribution in [2.75, 3.05) is 26.3 Å². The summed E-state index contributed by atoms with van der Waals surface area (Å²) in [4.78, 5) is 2.37. The predicted octanol–water partition coefficient (Wildman–Crippen LogP) is 4.45. The lowest BCUT2D eigenvalue weighted by atomic mass is 9.49. The Morgan fingerprint density at radius 3 is 2.36 bits per heavy atom. The summed E-state index contributed by atoms with van der Waals surface area (Å²) in [5, 5.41) is 10.4. The summed E-state index contributed by atoms with van der Waals surface area (Å²) in [6.45, 7) is 4.06. The molecule has 4 aliphatic carbocycles. The summed E-state index contributed by atoms with van der Waals surface area (Å²) < 4.78 is 5.97. The smallest absolute Gasteiger partial charge is 0.0900 e. The third-order valence-corrected chi connectivity index (χ3v) is 7.93. The van der Waals surface area contributed by atoms with Crippen LogP contribution in [-0.4, -0.2) is 42.4 Å². The highest BCUT2D eigenvalue weighted by atomic mass is 35.5. The summed E-state index contributed by atoms with van der Waals surface area (Å²) >= 11 is 0. The van der Waals surface area contributed by atoms with Crippen LogP contribution in [0, 0.1) is 23.2 Å². The Morgan fingerprint density at radius 2 is 1.68 bits per heavy atom. The number of benzene rings is 1. The molecule has 1 aromatic carbocycles. The summed E-state index contributed by atoms with van der Waals surface area (Å²) in [5.74, 6) is 3.05. The quantitative estimate of drug-likeness (QED) is 0.680. The molecule has 1 N–H and O–H groups in total. The van der Waals surface area contributed by atoms with Gasteiger partial charge < -0.3 is 9.84 Å². The molecule has 6 rings (SSSR count). The maximum Gasteiger partial charge on any atom is 0.0900 e. The van der Waals surface area contributed by atoms with E-state index in [1.165, 1.54) is 56.1 Å². The average molecular weight is 406 g/mol. The minimum absolute atomic E-state index is 0. The van der Waals surface area contributed by atoms with E-state index in [-0.39, 0.29) is 18.5 Å². The monoisotopic (exact) mass is 405 g/mol. The van der Waals surface area contributed by atoms with Crippen molar-refractivity contribution >= 4 is 12.4 Å². The van der Waals surface area contributed by atoms with Crippen molar-refractivity contribution < 1.29 is 9.84 Å². The first-order chi connectivity index (χ1) is 13.2. The Hall–Kier alpha value is -0.610. The number of halogens is 1. The molecule has 3 nitrogen and oxygen atoms in total. The number of β-amino-alcohol motifs (C(OH)–C–C–N with tert-alkyl or cyclic N) is 1. The molecule has 4 heteroatoms. The van der Waals surface area contributed by atoms with Gasteiger partial charge in [0, 0.05) is 26.2 Å². The van der Waals surface area contributed by atoms with Crippen LogP contribution in [0.25, 0.3) is 0 Å². The summed E-state index contributed by atoms with van der Waals surface area (Å²) in [6.07, 6.45) is 10.9. The van der Waals surface area contributed by atoms with Gasteiger partial charge in [0.25, 0.3) is 0 Å². The van der Waals surface area contributed by atoms with Gasteiger partial charge in [-0.1, -0.05) is 24.3 Å². The van der Waals surface area contributed by atoms with E-state index in [1.54, 1.807) is 0 Å². The molecule has 0 amide bonds. The molecule has 4 saturated carbocycles. The molecule has 0 aromatic heterocycles. The van der Waals surface area contributed by atoms with Crippen LogP contribution < -0.4 is 0 Å². The van der Waals surface area contributed by atoms with Crippen molar-refractivity contribution in [2.45, 2.75) is 64.0 Å². The standard InChI is InChI=1S/C24H35NO2.ClH/c26-23(16-25-7-5-21-3-1-2-4-22(21)15-25)17-27-8-6-24-12-18-9-19(13-24)11-20(10-18)14-24;/h1-4,18-20,23,26H,5-17H2;1H. The van der Waals surface area contributed by atoms with Crippen molar-refractivity contribution in [1.82, 2.24) is 4.90 Å². The normalized spacial score (nSPS) is 34.7. The van der Waals surface area contributed by atoms with Crippen LogP contribution in [-0.2, 0) is 17.7 Å². The van der Waals surface area contributed by atoms with E-state index in [0.29, 0.717) is 12.0 Å². The molecule has 0 radical (unpaired) electrons. The van der Waals surface area contributed by atoms with Crippen LogP contribution in [0.15, 0.2) is 24.3 Å². The average Bonchev–Trinajstić information content (AvgIpc) is 2.64. The van der Waals surface area contributed by atoms with Gasteiger partial charge >= 0.3 is 0 Å². The van der Waals surface area contributed by atoms with Crippen molar-refractivity contribution in [1.29, 1.82) is 0 Å². The molecule has 0 saturated heterocycles. The zero-order valence-corrected chi connectivity index (χ0v) is 17.8. The van der Waals surface area contributed by atoms with Gasteiger partial charge in [0.2, 0.25) is 0 Å². The predicted molar refractivity (Wildman–Crippen MR) is 115 cm³/mol. The van der Waals surface area contributed by atoms with Crippen molar-refractivity contribution in [3.8, 4) is 0 Å². The lowest BCUT2D eigenvalue weighted by Gasteiger charge is -2.57. The molecule has 1 aliphatic heterocycles. The molecule has 28 heavy (non-hydrogen) atoms. The van der Waals surface area contributed by atoms with Crippen LogP contribution in [0.4, 0.5) is 0 Å². The third-order valence-electron chi connectivity index (χ3n) is 7.93. The minimum atomic E-state index is -0.369. The zero-order valence-electron chi connectivity index (χ0n) is 17.0. The molecule has 4 fully saturated rings. The van der Waals surface area contributed by atoms with Crippen LogP contribution in [0.2, 0.25) is 0 Å². The number of aliphatic hydroxyl groups excluding tert-OH is 1. The van der Waals surface area contributed by atoms with Crippen LogP contribution in [0.1, 0.15) is 56.1 Å². The molecule has 5 aliphatic rings. The topological polar surface area (TPSA) is 32.7 Å². The Bertz CT molecular complexity index is 628. The maximum absolute atomic E-state index is 10.4. The lowest BCUT2D eigenvalue weighted by molar-refractivity contribution is -0.0742. The fraction of sp³-hybridized carbons (Fsp3) is 0.750. The Kier molecular flexibility index (Phi) is 6.37. The molecule has 1 heterocycles. The van der Waals surface area contributed by atoms with Gasteiger partial charge in [0.05, 0.1) is 12.7 Å². The second kappa shape index (κ2) is 8.63. The second-order valence-corrected chi connectivity index (χ2v) is 10.2. The first kappa shape index (κ1) is 20.7. The second-order valence-electron chi connectivity index (χ2n) is 10.2. The van der Waals surface area contributed by atoms with Crippen LogP contribution in [0.3, 0.4) is 0 Å². The summed E-state index contributed by atoms with van der Waals surface area (Å²) in [5.41, 5.74) is 3.48. The van der Waals surface area contributed by atoms with Gasteiger partial charge in [-0.05, 0) is 85.7 Å². The third kappa shape index (κ3) is 4.43. The molecule has 1 atom stereocenters. The van der Waals surface area contributed by atoms with Gasteiger partial charge in [-0.25, -0.2) is 0 Å². The molecular weight excluding hydrogens is 370 g/mol. The molecule has 1 unspecified atom stereocenters. The van der Waals surface area contributed by atoms with E-state index in [4.69, 9.17) is 4.74 Å². The van der Waals surface area contributed by atoms with Gasteiger partial charge in [-0.2, -0.15) is 0 Å². The van der Waals surface area contributed by atoms with Gasteiger partial charge in [0.15, 0.2) is 0 Å². The van der Waals surface area contributed by atoms with Crippen LogP contribution in [0.5, 0.6) is 0 Å². The molecule has 4 bridgehead atoms. The number of fused-ring (bicyclic) bond motifs is 1. The highest BCUT2D eigenvalue weighted by Gasteiger charge is 2.50. The van der Waals surface area contributed by atoms with Crippen molar-refractivity contribution in [3.63, 3.8) is 0 Å². The summed E-state index contributed by atoms with van der Waals surface area (Å²) in [7, 11) is 0. The Balaban J connectivity index is 0.00000192. The van der Waals surface area contributed by atoms with Gasteiger partial charge in [-0.3, -0.25) is 4.90 Å². The molecule has 1 aromatic rings. The maximum atomic E-state index is 10.4. The highest BCUT2D eigenvalue weighted by Crippen LogP contribution is 2.61. The largest absolute Gasteiger partial charge is 0.389 e. The fourth-order valence-corrected chi connectivity index (χ4v) is 7.16. The number of nitrogens with zero attached hydrogens (tertiary/aromatic N) is 1. The fourth-order valence-electron chi connectivity index (χ4n) is 7.16. The number of aliphatic hydroxyl groups is 1. The highest BCUT2D eigenvalue weighted by molar-refractivity contribution is 5.85. The van der Waals surface area contributed by atoms with E-state index >= 15 is 0 Å². The molecular formula is C24H36ClNO2. The van der Waals surface area contributed by atoms with Crippen molar-refractivity contribution in [2.24, 2.45) is 23.2 Å². The first-order valence-electron chi connectivity index (χ1n) is 11.2. The minimum Gasteiger partial charge on any atom is -0.389 e. The van der Waals surface area contributed by atoms with Crippen LogP contribution >= 0.6 is 12.4 Å². The van der Waals surface area contributed by atoms with E-state index < -0.39 is 0 Å². The number of hydrogen-bond acceptors (Lipinski definition) is 3. The molecule has 156 valence electrons. The Morgan fingerprint density at radius 1 is 1.04 bits per heavy atom. The van der Waals surface area contributed by atoms with E-state index in [0.717, 1.165) is 50.4 Å². The summed E-state index contributed by atoms with van der Waals surface area (Å²) in [6, 6.07) is 8.69. The van der Waals surface area contributed by atoms with E-state index in [2.05, 4.69) is 29.2 Å². The zero-order chi connectivity index (χ0) is 18.3. The van der Waals surface area contributed by atoms with E-state index in [1.807, 2.05) is 0 Å². The molecule has 0 spiro atoms. The van der Waals surface area contributed by atoms with Crippen molar-refractivity contribution in [3.05, 3.63) is 35.4 Å². The van der Waals surface area contributed by atoms with Gasteiger partial charge in [-0.15, -0.1) is 12.4 Å². The van der Waals surface area contributed by atoms with E-state index in [9.17, 15) is 5.11 Å². The number of ether oxygens (including phenoxy) is 1. The number of rotatable bonds is 7. The Labute approximate surface area is 176 Å². The lowest BCUT2D eigenvalue weighted by Crippen LogP contribution is -2.46.